The average Bonchev–Trinajstić information content (AvgIpc) is 2.46. The van der Waals surface area contributed by atoms with Crippen LogP contribution in [-0.2, 0) is 10.9 Å². The molecule has 3 nitrogen and oxygen atoms in total. The van der Waals surface area contributed by atoms with E-state index in [0.717, 1.165) is 12.1 Å². The van der Waals surface area contributed by atoms with Crippen molar-refractivity contribution in [3.8, 4) is 16.9 Å². The highest BCUT2D eigenvalue weighted by Gasteiger charge is 2.30. The highest BCUT2D eigenvalue weighted by Crippen LogP contribution is 2.32. The maximum atomic E-state index is 12.5. The number of hydrogen-bond acceptors (Lipinski definition) is 3. The summed E-state index contributed by atoms with van der Waals surface area (Å²) < 4.78 is 42.3. The van der Waals surface area contributed by atoms with Gasteiger partial charge in [0.2, 0.25) is 0 Å². The fourth-order valence-corrected chi connectivity index (χ4v) is 1.94. The van der Waals surface area contributed by atoms with E-state index >= 15 is 0 Å². The molecule has 0 spiro atoms. The van der Waals surface area contributed by atoms with Crippen molar-refractivity contribution in [2.45, 2.75) is 13.1 Å². The summed E-state index contributed by atoms with van der Waals surface area (Å²) in [4.78, 5) is 11.6. The van der Waals surface area contributed by atoms with Gasteiger partial charge in [0.25, 0.3) is 0 Å². The molecule has 0 heterocycles. The number of phenolic OH excluding ortho intramolecular Hbond substituents is 1. The molecule has 2 aromatic carbocycles. The molecule has 0 unspecified atom stereocenters. The van der Waals surface area contributed by atoms with Crippen molar-refractivity contribution in [2.75, 3.05) is 6.61 Å². The molecule has 0 amide bonds. The van der Waals surface area contributed by atoms with Gasteiger partial charge in [-0.05, 0) is 42.3 Å². The lowest BCUT2D eigenvalue weighted by Crippen LogP contribution is -2.05. The Bertz CT molecular complexity index is 676. The van der Waals surface area contributed by atoms with E-state index < -0.39 is 17.7 Å². The summed E-state index contributed by atoms with van der Waals surface area (Å²) in [5, 5.41) is 9.85. The Labute approximate surface area is 125 Å². The van der Waals surface area contributed by atoms with E-state index in [2.05, 4.69) is 0 Å². The van der Waals surface area contributed by atoms with Crippen LogP contribution in [0.2, 0.25) is 0 Å². The van der Waals surface area contributed by atoms with Gasteiger partial charge < -0.3 is 9.84 Å². The number of carbonyl (C=O) groups is 1. The van der Waals surface area contributed by atoms with Gasteiger partial charge in [-0.3, -0.25) is 0 Å². The van der Waals surface area contributed by atoms with Crippen LogP contribution in [0.15, 0.2) is 42.5 Å². The predicted molar refractivity (Wildman–Crippen MR) is 74.5 cm³/mol. The van der Waals surface area contributed by atoms with Gasteiger partial charge in [-0.15, -0.1) is 0 Å². The topological polar surface area (TPSA) is 46.5 Å². The number of ether oxygens (including phenoxy) is 1. The number of hydrogen-bond donors (Lipinski definition) is 1. The number of rotatable bonds is 3. The summed E-state index contributed by atoms with van der Waals surface area (Å²) in [6.45, 7) is 1.82. The molecule has 0 atom stereocenters. The molecule has 0 aliphatic carbocycles. The molecule has 0 radical (unpaired) electrons. The molecule has 0 fully saturated rings. The van der Waals surface area contributed by atoms with Gasteiger partial charge in [0.05, 0.1) is 12.2 Å². The first-order chi connectivity index (χ1) is 10.3. The molecule has 0 saturated carbocycles. The fourth-order valence-electron chi connectivity index (χ4n) is 1.94. The second kappa shape index (κ2) is 6.09. The number of carbonyl (C=O) groups excluding carboxylic acids is 1. The monoisotopic (exact) mass is 310 g/mol. The quantitative estimate of drug-likeness (QED) is 0.862. The molecule has 2 aromatic rings. The molecule has 1 N–H and O–H groups in total. The minimum absolute atomic E-state index is 0.0116. The zero-order chi connectivity index (χ0) is 16.3. The summed E-state index contributed by atoms with van der Waals surface area (Å²) in [6, 6.07) is 8.77. The first-order valence-corrected chi connectivity index (χ1v) is 6.50. The van der Waals surface area contributed by atoms with Gasteiger partial charge in [-0.2, -0.15) is 13.2 Å². The Balaban J connectivity index is 2.30. The van der Waals surface area contributed by atoms with E-state index in [9.17, 15) is 23.1 Å². The number of phenols is 1. The van der Waals surface area contributed by atoms with E-state index in [1.54, 1.807) is 6.92 Å². The second-order valence-corrected chi connectivity index (χ2v) is 4.53. The smallest absolute Gasteiger partial charge is 0.416 e. The van der Waals surface area contributed by atoms with Crippen LogP contribution in [-0.4, -0.2) is 17.7 Å². The summed E-state index contributed by atoms with van der Waals surface area (Å²) in [5.41, 5.74) is 0.263. The SMILES string of the molecule is CCOC(=O)c1ccc(-c2ccc(C(F)(F)F)cc2)cc1O. The molecule has 0 saturated heterocycles. The van der Waals surface area contributed by atoms with Gasteiger partial charge in [0.1, 0.15) is 11.3 Å². The largest absolute Gasteiger partial charge is 0.507 e. The second-order valence-electron chi connectivity index (χ2n) is 4.53. The lowest BCUT2D eigenvalue weighted by atomic mass is 10.0. The highest BCUT2D eigenvalue weighted by atomic mass is 19.4. The molecule has 2 rings (SSSR count). The average molecular weight is 310 g/mol. The van der Waals surface area contributed by atoms with E-state index in [1.807, 2.05) is 0 Å². The number of esters is 1. The van der Waals surface area contributed by atoms with Crippen LogP contribution in [0.4, 0.5) is 13.2 Å². The molecule has 22 heavy (non-hydrogen) atoms. The molecule has 0 aromatic heterocycles. The third-order valence-corrected chi connectivity index (χ3v) is 3.04. The van der Waals surface area contributed by atoms with Gasteiger partial charge in [-0.25, -0.2) is 4.79 Å². The summed E-state index contributed by atoms with van der Waals surface area (Å²) in [7, 11) is 0. The molecule has 0 bridgehead atoms. The predicted octanol–water partition coefficient (Wildman–Crippen LogP) is 4.25. The number of benzene rings is 2. The molecule has 116 valence electrons. The van der Waals surface area contributed by atoms with Crippen molar-refractivity contribution >= 4 is 5.97 Å². The van der Waals surface area contributed by atoms with Crippen molar-refractivity contribution in [1.29, 1.82) is 0 Å². The molecule has 0 aliphatic rings. The van der Waals surface area contributed by atoms with E-state index in [0.29, 0.717) is 11.1 Å². The van der Waals surface area contributed by atoms with Crippen LogP contribution in [0.3, 0.4) is 0 Å². The Hall–Kier alpha value is -2.50. The zero-order valence-corrected chi connectivity index (χ0v) is 11.6. The normalized spacial score (nSPS) is 11.3. The van der Waals surface area contributed by atoms with E-state index in [-0.39, 0.29) is 17.9 Å². The molecule has 0 aliphatic heterocycles. The lowest BCUT2D eigenvalue weighted by Gasteiger charge is -2.09. The Morgan fingerprint density at radius 2 is 1.68 bits per heavy atom. The summed E-state index contributed by atoms with van der Waals surface area (Å²) in [6.07, 6.45) is -4.39. The van der Waals surface area contributed by atoms with Crippen LogP contribution in [0.25, 0.3) is 11.1 Å². The first kappa shape index (κ1) is 15.9. The van der Waals surface area contributed by atoms with Crippen molar-refractivity contribution < 1.29 is 27.8 Å². The van der Waals surface area contributed by atoms with Crippen LogP contribution in [0.1, 0.15) is 22.8 Å². The maximum Gasteiger partial charge on any atom is 0.416 e. The van der Waals surface area contributed by atoms with Crippen LogP contribution < -0.4 is 0 Å². The van der Waals surface area contributed by atoms with E-state index in [4.69, 9.17) is 4.74 Å². The maximum absolute atomic E-state index is 12.5. The lowest BCUT2D eigenvalue weighted by molar-refractivity contribution is -0.137. The third-order valence-electron chi connectivity index (χ3n) is 3.04. The molecular weight excluding hydrogens is 297 g/mol. The Morgan fingerprint density at radius 3 is 2.18 bits per heavy atom. The van der Waals surface area contributed by atoms with Crippen molar-refractivity contribution in [1.82, 2.24) is 0 Å². The summed E-state index contributed by atoms with van der Waals surface area (Å²) >= 11 is 0. The van der Waals surface area contributed by atoms with Crippen molar-refractivity contribution in [2.24, 2.45) is 0 Å². The Kier molecular flexibility index (Phi) is 4.40. The van der Waals surface area contributed by atoms with Crippen molar-refractivity contribution in [3.05, 3.63) is 53.6 Å². The number of aromatic hydroxyl groups is 1. The van der Waals surface area contributed by atoms with Crippen LogP contribution in [0.5, 0.6) is 5.75 Å². The van der Waals surface area contributed by atoms with Gasteiger partial charge in [0, 0.05) is 0 Å². The van der Waals surface area contributed by atoms with Crippen molar-refractivity contribution in [3.63, 3.8) is 0 Å². The first-order valence-electron chi connectivity index (χ1n) is 6.50. The molecular formula is C16H13F3O3. The van der Waals surface area contributed by atoms with Gasteiger partial charge in [-0.1, -0.05) is 18.2 Å². The fraction of sp³-hybridized carbons (Fsp3) is 0.188. The minimum atomic E-state index is -4.39. The van der Waals surface area contributed by atoms with Gasteiger partial charge in [0.15, 0.2) is 0 Å². The Morgan fingerprint density at radius 1 is 1.09 bits per heavy atom. The van der Waals surface area contributed by atoms with E-state index in [1.165, 1.54) is 30.3 Å². The number of alkyl halides is 3. The van der Waals surface area contributed by atoms with Gasteiger partial charge >= 0.3 is 12.1 Å². The zero-order valence-electron chi connectivity index (χ0n) is 11.6. The van der Waals surface area contributed by atoms with Crippen LogP contribution in [0, 0.1) is 0 Å². The third kappa shape index (κ3) is 3.39. The minimum Gasteiger partial charge on any atom is -0.507 e. The highest BCUT2D eigenvalue weighted by molar-refractivity contribution is 5.93. The molecule has 6 heteroatoms. The number of halogens is 3. The summed E-state index contributed by atoms with van der Waals surface area (Å²) in [5.74, 6) is -0.935. The van der Waals surface area contributed by atoms with Crippen LogP contribution >= 0.6 is 0 Å². The standard InChI is InChI=1S/C16H13F3O3/c1-2-22-15(21)13-8-5-11(9-14(13)20)10-3-6-12(7-4-10)16(17,18)19/h3-9,20H,2H2,1H3.